The number of H-pyrrole nitrogens is 2. The second-order valence-electron chi connectivity index (χ2n) is 18.9. The van der Waals surface area contributed by atoms with Crippen molar-refractivity contribution in [2.75, 3.05) is 77.0 Å². The number of imidazole rings is 3. The number of methoxy groups -OCH3 is 1. The molecule has 4 unspecified atom stereocenters. The maximum absolute atomic E-state index is 13.7. The number of phosphoric acid groups is 4. The molecule has 6 aromatic rings. The van der Waals surface area contributed by atoms with Crippen molar-refractivity contribution < 1.29 is 108 Å². The van der Waals surface area contributed by atoms with Crippen molar-refractivity contribution in [3.63, 3.8) is 0 Å². The fraction of sp³-hybridized carbons (Fsp3) is 0.605. The highest BCUT2D eigenvalue weighted by Crippen LogP contribution is 2.68. The molecule has 40 nitrogen and oxygen atoms in total. The molecule has 6 aromatic heterocycles. The van der Waals surface area contributed by atoms with Crippen LogP contribution in [-0.4, -0.2) is 197 Å². The molecule has 44 heteroatoms. The molecule has 0 radical (unpaired) electrons. The van der Waals surface area contributed by atoms with Crippen LogP contribution in [0.15, 0.2) is 34.9 Å². The van der Waals surface area contributed by atoms with Crippen molar-refractivity contribution in [3.05, 3.63) is 46.0 Å². The van der Waals surface area contributed by atoms with E-state index in [1.165, 1.54) is 27.1 Å². The first kappa shape index (κ1) is 60.0. The number of fused-ring (bicyclic) bond motifs is 3. The maximum Gasteiger partial charge on any atom is 0.490 e. The number of nitrogens with two attached hydrogens (primary N) is 3. The van der Waals surface area contributed by atoms with Crippen LogP contribution in [0.25, 0.3) is 33.5 Å². The monoisotopic (exact) mass is 1240 g/mol. The van der Waals surface area contributed by atoms with E-state index in [0.29, 0.717) is 32.8 Å². The summed E-state index contributed by atoms with van der Waals surface area (Å²) < 4.78 is 117. The number of rotatable bonds is 22. The molecule has 16 atom stereocenters. The zero-order valence-electron chi connectivity index (χ0n) is 42.6. The number of hydrogen-bond donors (Lipinski definition) is 11. The summed E-state index contributed by atoms with van der Waals surface area (Å²) in [5.74, 6) is -1.54. The first-order valence-electron chi connectivity index (χ1n) is 24.3. The molecule has 4 saturated heterocycles. The van der Waals surface area contributed by atoms with E-state index in [4.69, 9.17) is 59.0 Å². The third-order valence-corrected chi connectivity index (χ3v) is 18.8. The van der Waals surface area contributed by atoms with Crippen LogP contribution in [0.1, 0.15) is 25.1 Å². The van der Waals surface area contributed by atoms with Crippen LogP contribution >= 0.6 is 31.3 Å². The third kappa shape index (κ3) is 12.5. The van der Waals surface area contributed by atoms with Gasteiger partial charge in [0.25, 0.3) is 24.9 Å². The van der Waals surface area contributed by atoms with E-state index in [9.17, 15) is 62.7 Å². The van der Waals surface area contributed by atoms with Gasteiger partial charge in [0, 0.05) is 26.1 Å². The minimum absolute atomic E-state index is 0.00339. The van der Waals surface area contributed by atoms with Crippen molar-refractivity contribution in [2.24, 2.45) is 13.0 Å². The van der Waals surface area contributed by atoms with E-state index < -0.39 is 136 Å². The first-order valence-corrected chi connectivity index (χ1v) is 30.3. The fourth-order valence-corrected chi connectivity index (χ4v) is 14.3. The van der Waals surface area contributed by atoms with Crippen LogP contribution in [-0.2, 0) is 75.7 Å². The summed E-state index contributed by atoms with van der Waals surface area (Å²) in [6.07, 6.45) is -12.8. The average Bonchev–Trinajstić information content (AvgIpc) is 3.91. The Labute approximate surface area is 458 Å². The largest absolute Gasteiger partial charge is 0.756 e. The number of aliphatic hydroxyl groups is 3. The fourth-order valence-electron chi connectivity index (χ4n) is 9.88. The van der Waals surface area contributed by atoms with Crippen LogP contribution in [0.4, 0.5) is 17.7 Å². The lowest BCUT2D eigenvalue weighted by Crippen LogP contribution is -2.45. The molecule has 0 spiro atoms. The predicted molar refractivity (Wildman–Crippen MR) is 266 cm³/mol. The van der Waals surface area contributed by atoms with Crippen LogP contribution in [0.2, 0.25) is 0 Å². The number of anilines is 3. The molecular formula is C38H54N16O24P4. The van der Waals surface area contributed by atoms with Gasteiger partial charge in [-0.1, -0.05) is 4.98 Å². The Kier molecular flexibility index (Phi) is 17.1. The van der Waals surface area contributed by atoms with Gasteiger partial charge in [-0.2, -0.15) is 13.6 Å². The molecule has 4 aliphatic heterocycles. The molecule has 14 N–H and O–H groups in total. The molecule has 4 aliphatic rings. The van der Waals surface area contributed by atoms with Crippen molar-refractivity contribution in [2.45, 2.75) is 73.9 Å². The van der Waals surface area contributed by atoms with E-state index in [-0.39, 0.29) is 57.6 Å². The summed E-state index contributed by atoms with van der Waals surface area (Å²) in [7, 11) is -21.1. The normalized spacial score (nSPS) is 30.3. The molecule has 4 fully saturated rings. The van der Waals surface area contributed by atoms with Gasteiger partial charge in [0.2, 0.25) is 17.7 Å². The van der Waals surface area contributed by atoms with Gasteiger partial charge < -0.3 is 84.8 Å². The van der Waals surface area contributed by atoms with Gasteiger partial charge in [-0.3, -0.25) is 51.8 Å². The van der Waals surface area contributed by atoms with Crippen LogP contribution in [0, 0.1) is 5.92 Å². The summed E-state index contributed by atoms with van der Waals surface area (Å²) in [4.78, 5) is 102. The van der Waals surface area contributed by atoms with Gasteiger partial charge in [-0.05, 0) is 13.0 Å². The average molecular weight is 1240 g/mol. The zero-order chi connectivity index (χ0) is 58.8. The summed E-state index contributed by atoms with van der Waals surface area (Å²) in [6, 6.07) is 0. The lowest BCUT2D eigenvalue weighted by atomic mass is 9.94. The number of nitrogen functional groups attached to an aromatic ring is 3. The van der Waals surface area contributed by atoms with Crippen molar-refractivity contribution >= 4 is 82.5 Å². The van der Waals surface area contributed by atoms with Crippen LogP contribution in [0.3, 0.4) is 0 Å². The molecule has 10 rings (SSSR count). The molecule has 0 saturated carbocycles. The van der Waals surface area contributed by atoms with Gasteiger partial charge in [0.15, 0.2) is 41.4 Å². The summed E-state index contributed by atoms with van der Waals surface area (Å²) in [5, 5.41) is 33.5. The van der Waals surface area contributed by atoms with Gasteiger partial charge in [-0.25, -0.2) is 38.2 Å². The molecule has 450 valence electrons. The number of hydrogen-bond acceptors (Lipinski definition) is 31. The van der Waals surface area contributed by atoms with Crippen LogP contribution in [0.5, 0.6) is 0 Å². The Morgan fingerprint density at radius 2 is 1.37 bits per heavy atom. The predicted octanol–water partition coefficient (Wildman–Crippen LogP) is -4.36. The Balaban J connectivity index is 0.813. The summed E-state index contributed by atoms with van der Waals surface area (Å²) >= 11 is 0. The highest BCUT2D eigenvalue weighted by molar-refractivity contribution is 7.66. The standard InChI is InChI=1S/C38H54N16O24P4/c1-50-15-54(31-22(50)33(59)49-38(41)47-31)34-23(55)16(3-4-51-5-7-69-8-6-51)17(73-34)9-71-80(62,63)77-82(66,67)78-81(64,65)72-11-19-26(27(68-2)36(75-19)52-13-44-20-28(39)42-12-43-29(20)52)76-79(60,61)70-10-18-24(56)25(57)35(74-18)53-14-45-21-30(53)46-37(40)48-32(21)58/h12-19,23-27,34-36,55-57H,3-11H2,1-2H3,(H11-,39,40,41,42,43,46,47,48,49,58,59,60,61,62,63,64,65,66,67)/t16-,17-,18-,19-,23-,24-,25-,26-,27-,34-,35-,36-/m1/s1. The first-order chi connectivity index (χ1) is 38.7. The highest BCUT2D eigenvalue weighted by atomic mass is 31.3. The zero-order valence-corrected chi connectivity index (χ0v) is 46.2. The number of ether oxygens (including phenoxy) is 5. The van der Waals surface area contributed by atoms with Crippen molar-refractivity contribution in [1.82, 2.24) is 58.5 Å². The van der Waals surface area contributed by atoms with Crippen LogP contribution < -0.4 is 37.8 Å². The quantitative estimate of drug-likeness (QED) is 0.0226. The lowest BCUT2D eigenvalue weighted by Gasteiger charge is -2.31. The number of aryl methyl sites for hydroxylation is 1. The molecule has 0 aromatic carbocycles. The minimum Gasteiger partial charge on any atom is -0.756 e. The number of nitrogens with one attached hydrogen (secondary N) is 2. The Morgan fingerprint density at radius 3 is 2.06 bits per heavy atom. The Bertz CT molecular complexity index is 3660. The third-order valence-electron chi connectivity index (χ3n) is 13.6. The SMILES string of the molecule is CO[C@@H]1[C@H](OP(=O)([O-])OC[C@H]2O[C@@H](n3cnc4c(=O)[nH]c(N)nc43)[C@H](O)[C@@H]2O)[C@@H](COP(=O)(O)OP(=O)(O)OP(=O)(O)OC[C@H]2O[C@@H]([n+]3cn(C)c4c(=O)[nH]c(N)nc43)[C@H](O)[C@@H]2CCN2CCOCC2)O[C@H]1n1cnc2c(N)ncnc21. The van der Waals surface area contributed by atoms with Gasteiger partial charge in [-0.15, -0.1) is 0 Å². The topological polar surface area (TPSA) is 557 Å². The molecule has 0 bridgehead atoms. The molecular weight excluding hydrogens is 1190 g/mol. The van der Waals surface area contributed by atoms with E-state index in [1.807, 2.05) is 4.90 Å². The molecule has 0 aliphatic carbocycles. The van der Waals surface area contributed by atoms with E-state index in [2.05, 4.69) is 48.5 Å². The Morgan fingerprint density at radius 1 is 0.744 bits per heavy atom. The van der Waals surface area contributed by atoms with E-state index in [0.717, 1.165) is 30.7 Å². The summed E-state index contributed by atoms with van der Waals surface area (Å²) in [5.41, 5.74) is 15.9. The van der Waals surface area contributed by atoms with Gasteiger partial charge in [0.1, 0.15) is 54.6 Å². The number of phosphoric ester groups is 3. The lowest BCUT2D eigenvalue weighted by molar-refractivity contribution is -0.745. The van der Waals surface area contributed by atoms with E-state index in [1.54, 1.807) is 0 Å². The second kappa shape index (κ2) is 23.3. The van der Waals surface area contributed by atoms with Gasteiger partial charge in [0.05, 0.1) is 58.8 Å². The second-order valence-corrected chi connectivity index (χ2v) is 24.9. The smallest absolute Gasteiger partial charge is 0.490 e. The number of morpholine rings is 1. The molecule has 82 heavy (non-hydrogen) atoms. The number of aliphatic hydroxyl groups excluding tert-OH is 3. The highest BCUT2D eigenvalue weighted by Gasteiger charge is 2.53. The number of aromatic amines is 2. The minimum atomic E-state index is -6.20. The maximum atomic E-state index is 13.7. The molecule has 0 amide bonds. The molecule has 10 heterocycles. The summed E-state index contributed by atoms with van der Waals surface area (Å²) in [6.45, 7) is -0.860. The van der Waals surface area contributed by atoms with E-state index >= 15 is 0 Å². The van der Waals surface area contributed by atoms with Crippen molar-refractivity contribution in [1.29, 1.82) is 0 Å². The Hall–Kier alpha value is -5.19. The number of nitrogens with zero attached hydrogens (tertiary/aromatic N) is 11. The van der Waals surface area contributed by atoms with Gasteiger partial charge >= 0.3 is 29.1 Å². The number of aromatic nitrogens is 12. The van der Waals surface area contributed by atoms with Crippen molar-refractivity contribution in [3.8, 4) is 0 Å².